The van der Waals surface area contributed by atoms with Crippen LogP contribution in [0.2, 0.25) is 10.2 Å². The molecule has 0 amide bonds. The van der Waals surface area contributed by atoms with Crippen LogP contribution < -0.4 is 0 Å². The highest BCUT2D eigenvalue weighted by Gasteiger charge is 2.13. The molecular formula is C16H11Cl2FN2. The molecule has 0 saturated carbocycles. The van der Waals surface area contributed by atoms with E-state index in [0.717, 1.165) is 11.1 Å². The van der Waals surface area contributed by atoms with Gasteiger partial charge in [-0.1, -0.05) is 29.3 Å². The van der Waals surface area contributed by atoms with E-state index in [0.29, 0.717) is 32.5 Å². The van der Waals surface area contributed by atoms with Crippen LogP contribution in [0, 0.1) is 19.7 Å². The van der Waals surface area contributed by atoms with Crippen molar-refractivity contribution in [1.82, 2.24) is 9.97 Å². The van der Waals surface area contributed by atoms with Crippen molar-refractivity contribution in [3.8, 4) is 11.4 Å². The fourth-order valence-corrected chi connectivity index (χ4v) is 2.79. The summed E-state index contributed by atoms with van der Waals surface area (Å²) in [5, 5.41) is 1.51. The fourth-order valence-electron chi connectivity index (χ4n) is 2.25. The molecule has 2 aromatic carbocycles. The van der Waals surface area contributed by atoms with Gasteiger partial charge in [0.1, 0.15) is 11.0 Å². The Morgan fingerprint density at radius 2 is 1.76 bits per heavy atom. The molecule has 1 aromatic heterocycles. The van der Waals surface area contributed by atoms with Gasteiger partial charge in [0.2, 0.25) is 0 Å². The van der Waals surface area contributed by atoms with Crippen molar-refractivity contribution >= 4 is 34.1 Å². The molecule has 0 aliphatic heterocycles. The highest BCUT2D eigenvalue weighted by Crippen LogP contribution is 2.31. The van der Waals surface area contributed by atoms with Gasteiger partial charge in [-0.3, -0.25) is 0 Å². The highest BCUT2D eigenvalue weighted by molar-refractivity contribution is 6.38. The Morgan fingerprint density at radius 3 is 2.52 bits per heavy atom. The lowest BCUT2D eigenvalue weighted by molar-refractivity contribution is 0.628. The summed E-state index contributed by atoms with van der Waals surface area (Å²) >= 11 is 12.5. The molecule has 0 saturated heterocycles. The Kier molecular flexibility index (Phi) is 3.56. The fraction of sp³-hybridized carbons (Fsp3) is 0.125. The predicted molar refractivity (Wildman–Crippen MR) is 84.4 cm³/mol. The molecule has 106 valence electrons. The van der Waals surface area contributed by atoms with Crippen LogP contribution in [0.15, 0.2) is 30.3 Å². The zero-order chi connectivity index (χ0) is 15.1. The van der Waals surface area contributed by atoms with Crippen molar-refractivity contribution in [2.75, 3.05) is 0 Å². The van der Waals surface area contributed by atoms with Crippen molar-refractivity contribution < 1.29 is 4.39 Å². The molecule has 0 spiro atoms. The number of hydrogen-bond donors (Lipinski definition) is 0. The summed E-state index contributed by atoms with van der Waals surface area (Å²) in [5.74, 6) is 0.0284. The minimum absolute atomic E-state index is 0.310. The monoisotopic (exact) mass is 320 g/mol. The molecule has 2 nitrogen and oxygen atoms in total. The van der Waals surface area contributed by atoms with Crippen LogP contribution in [0.4, 0.5) is 4.39 Å². The van der Waals surface area contributed by atoms with Gasteiger partial charge in [-0.25, -0.2) is 14.4 Å². The second kappa shape index (κ2) is 5.24. The minimum atomic E-state index is -0.342. The van der Waals surface area contributed by atoms with Crippen molar-refractivity contribution in [3.63, 3.8) is 0 Å². The molecule has 0 N–H and O–H groups in total. The van der Waals surface area contributed by atoms with Gasteiger partial charge in [0.05, 0.1) is 10.5 Å². The zero-order valence-electron chi connectivity index (χ0n) is 11.4. The van der Waals surface area contributed by atoms with Gasteiger partial charge in [0.25, 0.3) is 0 Å². The molecule has 1 heterocycles. The maximum Gasteiger partial charge on any atom is 0.161 e. The van der Waals surface area contributed by atoms with E-state index in [1.807, 2.05) is 26.0 Å². The molecule has 0 fully saturated rings. The van der Waals surface area contributed by atoms with E-state index in [1.54, 1.807) is 6.07 Å². The number of nitrogens with zero attached hydrogens (tertiary/aromatic N) is 2. The summed E-state index contributed by atoms with van der Waals surface area (Å²) in [6.07, 6.45) is 0. The van der Waals surface area contributed by atoms with Crippen molar-refractivity contribution in [2.45, 2.75) is 13.8 Å². The van der Waals surface area contributed by atoms with E-state index < -0.39 is 0 Å². The number of hydrogen-bond acceptors (Lipinski definition) is 2. The summed E-state index contributed by atoms with van der Waals surface area (Å²) in [4.78, 5) is 8.74. The van der Waals surface area contributed by atoms with Crippen LogP contribution >= 0.6 is 23.2 Å². The Labute approximate surface area is 131 Å². The summed E-state index contributed by atoms with van der Waals surface area (Å²) in [7, 11) is 0. The minimum Gasteiger partial charge on any atom is -0.226 e. The quantitative estimate of drug-likeness (QED) is 0.564. The Morgan fingerprint density at radius 1 is 1.00 bits per heavy atom. The van der Waals surface area contributed by atoms with Gasteiger partial charge < -0.3 is 0 Å². The van der Waals surface area contributed by atoms with Gasteiger partial charge in [0, 0.05) is 10.9 Å². The molecule has 5 heteroatoms. The molecule has 21 heavy (non-hydrogen) atoms. The lowest BCUT2D eigenvalue weighted by Gasteiger charge is -2.09. The number of benzene rings is 2. The van der Waals surface area contributed by atoms with Crippen molar-refractivity contribution in [3.05, 3.63) is 57.5 Å². The van der Waals surface area contributed by atoms with Crippen LogP contribution in [0.25, 0.3) is 22.3 Å². The van der Waals surface area contributed by atoms with Crippen molar-refractivity contribution in [1.29, 1.82) is 0 Å². The lowest BCUT2D eigenvalue weighted by Crippen LogP contribution is -1.95. The normalized spacial score (nSPS) is 11.1. The van der Waals surface area contributed by atoms with Gasteiger partial charge in [-0.05, 0) is 49.2 Å². The van der Waals surface area contributed by atoms with E-state index >= 15 is 0 Å². The Balaban J connectivity index is 2.33. The number of fused-ring (bicyclic) bond motifs is 1. The summed E-state index contributed by atoms with van der Waals surface area (Å²) in [6.45, 7) is 3.79. The van der Waals surface area contributed by atoms with Crippen molar-refractivity contribution in [2.24, 2.45) is 0 Å². The lowest BCUT2D eigenvalue weighted by atomic mass is 10.1. The maximum absolute atomic E-state index is 13.5. The van der Waals surface area contributed by atoms with Crippen LogP contribution in [0.5, 0.6) is 0 Å². The van der Waals surface area contributed by atoms with Gasteiger partial charge in [0.15, 0.2) is 5.82 Å². The number of aromatic nitrogens is 2. The molecule has 3 rings (SSSR count). The third-order valence-corrected chi connectivity index (χ3v) is 3.87. The molecule has 0 radical (unpaired) electrons. The SMILES string of the molecule is Cc1cc(Cl)c2nc(-c3cc(F)ccc3C)nc(Cl)c2c1. The third-order valence-electron chi connectivity index (χ3n) is 3.29. The van der Waals surface area contributed by atoms with E-state index in [1.165, 1.54) is 12.1 Å². The topological polar surface area (TPSA) is 25.8 Å². The first-order valence-corrected chi connectivity index (χ1v) is 7.11. The maximum atomic E-state index is 13.5. The van der Waals surface area contributed by atoms with Gasteiger partial charge >= 0.3 is 0 Å². The first-order chi connectivity index (χ1) is 9.95. The first-order valence-electron chi connectivity index (χ1n) is 6.35. The highest BCUT2D eigenvalue weighted by atomic mass is 35.5. The molecule has 3 aromatic rings. The largest absolute Gasteiger partial charge is 0.226 e. The van der Waals surface area contributed by atoms with E-state index in [-0.39, 0.29) is 5.82 Å². The summed E-state index contributed by atoms with van der Waals surface area (Å²) in [5.41, 5.74) is 3.03. The smallest absolute Gasteiger partial charge is 0.161 e. The number of aryl methyl sites for hydroxylation is 2. The molecule has 0 bridgehead atoms. The van der Waals surface area contributed by atoms with E-state index in [4.69, 9.17) is 23.2 Å². The van der Waals surface area contributed by atoms with Gasteiger partial charge in [-0.2, -0.15) is 0 Å². The molecular weight excluding hydrogens is 310 g/mol. The Hall–Kier alpha value is -1.71. The Bertz CT molecular complexity index is 863. The van der Waals surface area contributed by atoms with Crippen LogP contribution in [0.3, 0.4) is 0 Å². The molecule has 0 atom stereocenters. The zero-order valence-corrected chi connectivity index (χ0v) is 12.9. The summed E-state index contributed by atoms with van der Waals surface area (Å²) < 4.78 is 13.5. The predicted octanol–water partition coefficient (Wildman–Crippen LogP) is 5.36. The van der Waals surface area contributed by atoms with E-state index in [2.05, 4.69) is 9.97 Å². The third kappa shape index (κ3) is 2.59. The van der Waals surface area contributed by atoms with Crippen LogP contribution in [-0.2, 0) is 0 Å². The van der Waals surface area contributed by atoms with Crippen LogP contribution in [0.1, 0.15) is 11.1 Å². The van der Waals surface area contributed by atoms with Crippen LogP contribution in [-0.4, -0.2) is 9.97 Å². The summed E-state index contributed by atoms with van der Waals surface area (Å²) in [6, 6.07) is 8.18. The molecule has 0 aliphatic carbocycles. The van der Waals surface area contributed by atoms with Gasteiger partial charge in [-0.15, -0.1) is 0 Å². The molecule has 0 aliphatic rings. The average molecular weight is 321 g/mol. The standard InChI is InChI=1S/C16H11Cl2FN2/c1-8-5-12-14(13(17)6-8)20-16(21-15(12)18)11-7-10(19)4-3-9(11)2/h3-7H,1-2H3. The molecule has 0 unspecified atom stereocenters. The first kappa shape index (κ1) is 14.2. The number of halogens is 3. The number of rotatable bonds is 1. The second-order valence-corrected chi connectivity index (χ2v) is 5.71. The average Bonchev–Trinajstić information content (AvgIpc) is 2.42. The second-order valence-electron chi connectivity index (χ2n) is 4.94. The van der Waals surface area contributed by atoms with E-state index in [9.17, 15) is 4.39 Å².